The van der Waals surface area contributed by atoms with Crippen LogP contribution in [0, 0.1) is 0 Å². The fourth-order valence-corrected chi connectivity index (χ4v) is 2.19. The summed E-state index contributed by atoms with van der Waals surface area (Å²) >= 11 is 4.81. The van der Waals surface area contributed by atoms with Crippen LogP contribution in [0.2, 0.25) is 0 Å². The number of hydrogen-bond donors (Lipinski definition) is 0. The number of thiophene rings is 1. The van der Waals surface area contributed by atoms with Crippen LogP contribution in [-0.2, 0) is 4.74 Å². The highest BCUT2D eigenvalue weighted by molar-refractivity contribution is 9.09. The van der Waals surface area contributed by atoms with Gasteiger partial charge in [-0.25, -0.2) is 4.79 Å². The van der Waals surface area contributed by atoms with E-state index in [1.165, 1.54) is 24.2 Å². The highest BCUT2D eigenvalue weighted by Crippen LogP contribution is 2.10. The molecular weight excluding hydrogens is 276 g/mol. The normalized spacial score (nSPS) is 10.2. The summed E-state index contributed by atoms with van der Waals surface area (Å²) < 4.78 is 5.13. The van der Waals surface area contributed by atoms with Crippen molar-refractivity contribution >= 4 is 33.2 Å². The number of esters is 1. The number of carbonyl (C=O) groups excluding carboxylic acids is 1. The summed E-state index contributed by atoms with van der Waals surface area (Å²) in [4.78, 5) is 12.1. The van der Waals surface area contributed by atoms with Crippen LogP contribution >= 0.6 is 27.3 Å². The monoisotopic (exact) mass is 290 g/mol. The number of halogens is 1. The predicted molar refractivity (Wildman–Crippen MR) is 66.9 cm³/mol. The molecule has 0 aliphatic rings. The topological polar surface area (TPSA) is 26.3 Å². The highest BCUT2D eigenvalue weighted by atomic mass is 79.9. The van der Waals surface area contributed by atoms with E-state index in [-0.39, 0.29) is 5.97 Å². The molecule has 0 spiro atoms. The van der Waals surface area contributed by atoms with Gasteiger partial charge < -0.3 is 4.74 Å². The zero-order valence-corrected chi connectivity index (χ0v) is 11.0. The van der Waals surface area contributed by atoms with Crippen LogP contribution in [0.3, 0.4) is 0 Å². The summed E-state index contributed by atoms with van der Waals surface area (Å²) in [6.07, 6.45) is 4.48. The lowest BCUT2D eigenvalue weighted by molar-refractivity contribution is 0.0503. The third-order valence-corrected chi connectivity index (χ3v) is 3.39. The van der Waals surface area contributed by atoms with E-state index in [9.17, 15) is 4.79 Å². The van der Waals surface area contributed by atoms with E-state index in [0.29, 0.717) is 11.5 Å². The molecule has 0 N–H and O–H groups in total. The zero-order chi connectivity index (χ0) is 10.9. The number of ether oxygens (including phenoxy) is 1. The van der Waals surface area contributed by atoms with Crippen molar-refractivity contribution in [3.05, 3.63) is 22.4 Å². The number of carbonyl (C=O) groups is 1. The summed E-state index contributed by atoms with van der Waals surface area (Å²) in [7, 11) is 0. The van der Waals surface area contributed by atoms with Crippen LogP contribution in [0.1, 0.15) is 35.4 Å². The molecule has 84 valence electrons. The number of unbranched alkanes of at least 4 members (excludes halogenated alkanes) is 3. The molecular formula is C11H15BrO2S. The molecule has 0 amide bonds. The molecule has 1 aromatic rings. The third-order valence-electron chi connectivity index (χ3n) is 1.98. The Balaban J connectivity index is 2.03. The fourth-order valence-electron chi connectivity index (χ4n) is 1.18. The zero-order valence-electron chi connectivity index (χ0n) is 8.58. The Bertz CT molecular complexity index is 272. The first kappa shape index (κ1) is 12.7. The van der Waals surface area contributed by atoms with Gasteiger partial charge in [-0.2, -0.15) is 0 Å². The average molecular weight is 291 g/mol. The van der Waals surface area contributed by atoms with E-state index in [1.807, 2.05) is 11.4 Å². The minimum Gasteiger partial charge on any atom is -0.462 e. The van der Waals surface area contributed by atoms with Gasteiger partial charge in [0.05, 0.1) is 6.61 Å². The summed E-state index contributed by atoms with van der Waals surface area (Å²) in [5.74, 6) is -0.189. The van der Waals surface area contributed by atoms with Crippen molar-refractivity contribution < 1.29 is 9.53 Å². The van der Waals surface area contributed by atoms with Crippen LogP contribution in [0.15, 0.2) is 17.5 Å². The molecule has 1 aromatic heterocycles. The Labute approximate surface area is 103 Å². The highest BCUT2D eigenvalue weighted by Gasteiger charge is 2.06. The van der Waals surface area contributed by atoms with Crippen LogP contribution in [-0.4, -0.2) is 17.9 Å². The van der Waals surface area contributed by atoms with Crippen molar-refractivity contribution in [2.45, 2.75) is 25.7 Å². The minimum absolute atomic E-state index is 0.189. The van der Waals surface area contributed by atoms with Crippen LogP contribution in [0.25, 0.3) is 0 Å². The largest absolute Gasteiger partial charge is 0.462 e. The maximum absolute atomic E-state index is 11.4. The lowest BCUT2D eigenvalue weighted by Crippen LogP contribution is -2.04. The van der Waals surface area contributed by atoms with Crippen molar-refractivity contribution in [3.8, 4) is 0 Å². The van der Waals surface area contributed by atoms with Crippen LogP contribution in [0.4, 0.5) is 0 Å². The van der Waals surface area contributed by atoms with E-state index >= 15 is 0 Å². The second-order valence-electron chi connectivity index (χ2n) is 3.22. The van der Waals surface area contributed by atoms with Gasteiger partial charge in [-0.15, -0.1) is 11.3 Å². The predicted octanol–water partition coefficient (Wildman–Crippen LogP) is 3.86. The van der Waals surface area contributed by atoms with Gasteiger partial charge in [0.1, 0.15) is 4.88 Å². The van der Waals surface area contributed by atoms with Gasteiger partial charge in [0, 0.05) is 5.33 Å². The number of hydrogen-bond acceptors (Lipinski definition) is 3. The Morgan fingerprint density at radius 3 is 2.80 bits per heavy atom. The second-order valence-corrected chi connectivity index (χ2v) is 4.96. The summed E-state index contributed by atoms with van der Waals surface area (Å²) in [6, 6.07) is 3.65. The van der Waals surface area contributed by atoms with Gasteiger partial charge in [0.25, 0.3) is 0 Å². The van der Waals surface area contributed by atoms with Gasteiger partial charge >= 0.3 is 5.97 Å². The first-order valence-electron chi connectivity index (χ1n) is 5.11. The molecule has 0 unspecified atom stereocenters. The van der Waals surface area contributed by atoms with Gasteiger partial charge in [0.2, 0.25) is 0 Å². The van der Waals surface area contributed by atoms with E-state index in [1.54, 1.807) is 6.07 Å². The van der Waals surface area contributed by atoms with Gasteiger partial charge in [-0.05, 0) is 24.3 Å². The Morgan fingerprint density at radius 2 is 2.13 bits per heavy atom. The molecule has 1 rings (SSSR count). The summed E-state index contributed by atoms with van der Waals surface area (Å²) in [5.41, 5.74) is 0. The molecule has 2 nitrogen and oxygen atoms in total. The standard InChI is InChI=1S/C11H15BrO2S/c12-7-3-1-2-4-8-14-11(13)10-6-5-9-15-10/h5-6,9H,1-4,7-8H2. The average Bonchev–Trinajstić information content (AvgIpc) is 2.76. The minimum atomic E-state index is -0.189. The first-order chi connectivity index (χ1) is 7.34. The lowest BCUT2D eigenvalue weighted by Gasteiger charge is -2.02. The van der Waals surface area contributed by atoms with Gasteiger partial charge in [-0.1, -0.05) is 34.8 Å². The number of alkyl halides is 1. The van der Waals surface area contributed by atoms with Gasteiger partial charge in [-0.3, -0.25) is 0 Å². The Morgan fingerprint density at radius 1 is 1.33 bits per heavy atom. The van der Waals surface area contributed by atoms with Crippen molar-refractivity contribution in [1.82, 2.24) is 0 Å². The maximum atomic E-state index is 11.4. The van der Waals surface area contributed by atoms with E-state index in [4.69, 9.17) is 4.74 Å². The van der Waals surface area contributed by atoms with Crippen LogP contribution < -0.4 is 0 Å². The number of rotatable bonds is 7. The molecule has 0 radical (unpaired) electrons. The molecule has 0 saturated heterocycles. The first-order valence-corrected chi connectivity index (χ1v) is 7.11. The molecule has 0 saturated carbocycles. The summed E-state index contributed by atoms with van der Waals surface area (Å²) in [5, 5.41) is 2.94. The lowest BCUT2D eigenvalue weighted by atomic mass is 10.2. The maximum Gasteiger partial charge on any atom is 0.348 e. The molecule has 0 bridgehead atoms. The smallest absolute Gasteiger partial charge is 0.348 e. The molecule has 0 fully saturated rings. The van der Waals surface area contributed by atoms with Crippen molar-refractivity contribution in [1.29, 1.82) is 0 Å². The van der Waals surface area contributed by atoms with E-state index in [2.05, 4.69) is 15.9 Å². The Kier molecular flexibility index (Phi) is 6.68. The molecule has 0 aliphatic carbocycles. The van der Waals surface area contributed by atoms with Gasteiger partial charge in [0.15, 0.2) is 0 Å². The quantitative estimate of drug-likeness (QED) is 0.433. The van der Waals surface area contributed by atoms with E-state index in [0.717, 1.165) is 18.2 Å². The van der Waals surface area contributed by atoms with Crippen molar-refractivity contribution in [2.24, 2.45) is 0 Å². The molecule has 0 aromatic carbocycles. The van der Waals surface area contributed by atoms with Crippen LogP contribution in [0.5, 0.6) is 0 Å². The SMILES string of the molecule is O=C(OCCCCCCBr)c1cccs1. The second kappa shape index (κ2) is 7.88. The molecule has 0 aliphatic heterocycles. The molecule has 0 atom stereocenters. The summed E-state index contributed by atoms with van der Waals surface area (Å²) in [6.45, 7) is 0.541. The Hall–Kier alpha value is -0.350. The van der Waals surface area contributed by atoms with Crippen molar-refractivity contribution in [3.63, 3.8) is 0 Å². The fraction of sp³-hybridized carbons (Fsp3) is 0.545. The molecule has 15 heavy (non-hydrogen) atoms. The van der Waals surface area contributed by atoms with Crippen molar-refractivity contribution in [2.75, 3.05) is 11.9 Å². The third kappa shape index (κ3) is 5.33. The molecule has 1 heterocycles. The molecule has 4 heteroatoms. The van der Waals surface area contributed by atoms with E-state index < -0.39 is 0 Å².